The number of halogens is 1. The number of hydrogen-bond acceptors (Lipinski definition) is 5. The lowest BCUT2D eigenvalue weighted by Crippen LogP contribution is -2.27. The number of thiocarbonyl (C=S) groups is 1. The average molecular weight is 436 g/mol. The van der Waals surface area contributed by atoms with Crippen LogP contribution < -0.4 is 4.74 Å². The molecule has 0 spiro atoms. The molecule has 0 radical (unpaired) electrons. The molecule has 1 aliphatic rings. The molecule has 0 aliphatic carbocycles. The summed E-state index contributed by atoms with van der Waals surface area (Å²) >= 11 is 10.0. The molecule has 1 fully saturated rings. The number of phenols is 1. The zero-order valence-electron chi connectivity index (χ0n) is 13.2. The van der Waals surface area contributed by atoms with E-state index in [-0.39, 0.29) is 11.7 Å². The number of rotatable bonds is 4. The van der Waals surface area contributed by atoms with Crippen molar-refractivity contribution >= 4 is 56.2 Å². The monoisotopic (exact) mass is 435 g/mol. The third kappa shape index (κ3) is 3.89. The normalized spacial score (nSPS) is 15.9. The quantitative estimate of drug-likeness (QED) is 0.563. The van der Waals surface area contributed by atoms with Gasteiger partial charge in [-0.1, -0.05) is 70.2 Å². The van der Waals surface area contributed by atoms with Crippen molar-refractivity contribution in [3.8, 4) is 11.5 Å². The van der Waals surface area contributed by atoms with Crippen molar-refractivity contribution < 1.29 is 14.6 Å². The minimum atomic E-state index is -0.127. The molecule has 0 unspecified atom stereocenters. The second kappa shape index (κ2) is 7.59. The lowest BCUT2D eigenvalue weighted by atomic mass is 10.1. The third-order valence-electron chi connectivity index (χ3n) is 3.64. The summed E-state index contributed by atoms with van der Waals surface area (Å²) in [5, 5.41) is 9.80. The Morgan fingerprint density at radius 3 is 2.72 bits per heavy atom. The highest BCUT2D eigenvalue weighted by Gasteiger charge is 2.32. The molecule has 128 valence electrons. The van der Waals surface area contributed by atoms with Crippen LogP contribution in [0.3, 0.4) is 0 Å². The Balaban J connectivity index is 1.88. The summed E-state index contributed by atoms with van der Waals surface area (Å²) in [6.07, 6.45) is 1.75. The molecule has 2 aromatic carbocycles. The summed E-state index contributed by atoms with van der Waals surface area (Å²) in [5.74, 6) is 0.246. The Labute approximate surface area is 163 Å². The molecule has 0 bridgehead atoms. The molecule has 0 atom stereocenters. The fourth-order valence-electron chi connectivity index (χ4n) is 2.38. The van der Waals surface area contributed by atoms with Crippen molar-refractivity contribution in [3.63, 3.8) is 0 Å². The first kappa shape index (κ1) is 18.0. The van der Waals surface area contributed by atoms with Crippen LogP contribution in [0.5, 0.6) is 11.5 Å². The maximum absolute atomic E-state index is 12.7. The zero-order valence-corrected chi connectivity index (χ0v) is 16.5. The number of phenolic OH excluding ortho intramolecular Hbond substituents is 1. The van der Waals surface area contributed by atoms with Crippen LogP contribution in [0.25, 0.3) is 6.08 Å². The number of thioether (sulfide) groups is 1. The van der Waals surface area contributed by atoms with Gasteiger partial charge in [-0.25, -0.2) is 0 Å². The number of ether oxygens (including phenoxy) is 1. The molecule has 1 N–H and O–H groups in total. The number of amides is 1. The Morgan fingerprint density at radius 2 is 2.04 bits per heavy atom. The molecule has 1 amide bonds. The molecule has 7 heteroatoms. The number of aromatic hydroxyl groups is 1. The summed E-state index contributed by atoms with van der Waals surface area (Å²) in [6, 6.07) is 12.9. The van der Waals surface area contributed by atoms with Crippen LogP contribution in [0, 0.1) is 0 Å². The first-order valence-electron chi connectivity index (χ1n) is 7.35. The van der Waals surface area contributed by atoms with Gasteiger partial charge in [-0.15, -0.1) is 0 Å². The molecular weight excluding hydrogens is 422 g/mol. The van der Waals surface area contributed by atoms with E-state index in [2.05, 4.69) is 15.9 Å². The number of carbonyl (C=O) groups is 1. The van der Waals surface area contributed by atoms with E-state index in [4.69, 9.17) is 17.0 Å². The lowest BCUT2D eigenvalue weighted by molar-refractivity contribution is -0.122. The van der Waals surface area contributed by atoms with Crippen LogP contribution in [-0.2, 0) is 11.3 Å². The highest BCUT2D eigenvalue weighted by atomic mass is 79.9. The molecule has 0 aromatic heterocycles. The average Bonchev–Trinajstić information content (AvgIpc) is 2.86. The summed E-state index contributed by atoms with van der Waals surface area (Å²) in [7, 11) is 1.48. The first-order chi connectivity index (χ1) is 12.0. The highest BCUT2D eigenvalue weighted by Crippen LogP contribution is 2.37. The van der Waals surface area contributed by atoms with Crippen molar-refractivity contribution in [2.75, 3.05) is 7.11 Å². The maximum Gasteiger partial charge on any atom is 0.266 e. The van der Waals surface area contributed by atoms with Crippen LogP contribution in [0.15, 0.2) is 51.8 Å². The largest absolute Gasteiger partial charge is 0.504 e. The van der Waals surface area contributed by atoms with Crippen LogP contribution in [0.4, 0.5) is 0 Å². The van der Waals surface area contributed by atoms with Gasteiger partial charge in [0.05, 0.1) is 18.6 Å². The van der Waals surface area contributed by atoms with E-state index in [0.717, 1.165) is 11.1 Å². The van der Waals surface area contributed by atoms with Gasteiger partial charge in [0.1, 0.15) is 4.32 Å². The topological polar surface area (TPSA) is 49.8 Å². The van der Waals surface area contributed by atoms with Gasteiger partial charge >= 0.3 is 0 Å². The van der Waals surface area contributed by atoms with Gasteiger partial charge < -0.3 is 9.84 Å². The van der Waals surface area contributed by atoms with Crippen LogP contribution in [0.2, 0.25) is 0 Å². The molecule has 4 nitrogen and oxygen atoms in total. The molecule has 25 heavy (non-hydrogen) atoms. The van der Waals surface area contributed by atoms with Gasteiger partial charge in [-0.05, 0) is 29.3 Å². The van der Waals surface area contributed by atoms with Gasteiger partial charge in [0.25, 0.3) is 5.91 Å². The summed E-state index contributed by atoms with van der Waals surface area (Å²) in [4.78, 5) is 14.8. The Bertz CT molecular complexity index is 868. The van der Waals surface area contributed by atoms with E-state index in [1.165, 1.54) is 24.9 Å². The second-order valence-electron chi connectivity index (χ2n) is 5.30. The Hall–Kier alpha value is -1.83. The van der Waals surface area contributed by atoms with E-state index < -0.39 is 0 Å². The Morgan fingerprint density at radius 1 is 1.32 bits per heavy atom. The first-order valence-corrected chi connectivity index (χ1v) is 9.37. The van der Waals surface area contributed by atoms with Gasteiger partial charge in [-0.3, -0.25) is 9.69 Å². The zero-order chi connectivity index (χ0) is 18.0. The molecule has 3 rings (SSSR count). The predicted molar refractivity (Wildman–Crippen MR) is 108 cm³/mol. The minimum Gasteiger partial charge on any atom is -0.504 e. The number of hydrogen-bond donors (Lipinski definition) is 1. The minimum absolute atomic E-state index is 0.0307. The standard InChI is InChI=1S/C18H14BrNO3S2/c1-23-15-7-12(13(19)9-14(15)21)8-16-17(22)20(18(24)25-16)10-11-5-3-2-4-6-11/h2-9,21H,10H2,1H3. The molecule has 1 heterocycles. The number of nitrogens with zero attached hydrogens (tertiary/aromatic N) is 1. The van der Waals surface area contributed by atoms with E-state index in [1.807, 2.05) is 30.3 Å². The fourth-order valence-corrected chi connectivity index (χ4v) is 4.07. The van der Waals surface area contributed by atoms with E-state index in [1.54, 1.807) is 17.0 Å². The molecule has 1 saturated heterocycles. The van der Waals surface area contributed by atoms with E-state index in [0.29, 0.717) is 26.0 Å². The van der Waals surface area contributed by atoms with Crippen molar-refractivity contribution in [2.45, 2.75) is 6.54 Å². The van der Waals surface area contributed by atoms with Crippen LogP contribution in [0.1, 0.15) is 11.1 Å². The van der Waals surface area contributed by atoms with Crippen LogP contribution >= 0.6 is 39.9 Å². The number of methoxy groups -OCH3 is 1. The second-order valence-corrected chi connectivity index (χ2v) is 7.83. The van der Waals surface area contributed by atoms with Gasteiger partial charge in [0.2, 0.25) is 0 Å². The van der Waals surface area contributed by atoms with Crippen molar-refractivity contribution in [1.29, 1.82) is 0 Å². The highest BCUT2D eigenvalue weighted by molar-refractivity contribution is 9.10. The van der Waals surface area contributed by atoms with Gasteiger partial charge in [-0.2, -0.15) is 0 Å². The van der Waals surface area contributed by atoms with Crippen molar-refractivity contribution in [1.82, 2.24) is 4.90 Å². The third-order valence-corrected chi connectivity index (χ3v) is 5.71. The molecular formula is C18H14BrNO3S2. The smallest absolute Gasteiger partial charge is 0.266 e. The predicted octanol–water partition coefficient (Wildman–Crippen LogP) is 4.56. The maximum atomic E-state index is 12.7. The number of benzene rings is 2. The SMILES string of the molecule is COc1cc(C=C2SC(=S)N(Cc3ccccc3)C2=O)c(Br)cc1O. The van der Waals surface area contributed by atoms with Crippen molar-refractivity contribution in [3.05, 3.63) is 63.0 Å². The summed E-state index contributed by atoms with van der Waals surface area (Å²) in [5.41, 5.74) is 1.75. The van der Waals surface area contributed by atoms with Crippen molar-refractivity contribution in [2.24, 2.45) is 0 Å². The molecule has 0 saturated carbocycles. The fraction of sp³-hybridized carbons (Fsp3) is 0.111. The van der Waals surface area contributed by atoms with E-state index in [9.17, 15) is 9.90 Å². The summed E-state index contributed by atoms with van der Waals surface area (Å²) in [6.45, 7) is 0.447. The summed E-state index contributed by atoms with van der Waals surface area (Å²) < 4.78 is 6.32. The number of carbonyl (C=O) groups excluding carboxylic acids is 1. The van der Waals surface area contributed by atoms with Gasteiger partial charge in [0, 0.05) is 4.47 Å². The molecule has 2 aromatic rings. The van der Waals surface area contributed by atoms with E-state index >= 15 is 0 Å². The molecule has 1 aliphatic heterocycles. The Kier molecular flexibility index (Phi) is 5.46. The lowest BCUT2D eigenvalue weighted by Gasteiger charge is -2.14. The van der Waals surface area contributed by atoms with Gasteiger partial charge in [0.15, 0.2) is 11.5 Å². The van der Waals surface area contributed by atoms with Crippen LogP contribution in [-0.4, -0.2) is 27.3 Å².